The van der Waals surface area contributed by atoms with Crippen molar-refractivity contribution < 1.29 is 14.6 Å². The number of para-hydroxylation sites is 1. The van der Waals surface area contributed by atoms with Crippen LogP contribution in [-0.4, -0.2) is 43.2 Å². The molecule has 0 heterocycles. The average molecular weight is 263 g/mol. The zero-order valence-corrected chi connectivity index (χ0v) is 11.5. The van der Waals surface area contributed by atoms with E-state index < -0.39 is 5.97 Å². The third-order valence-electron chi connectivity index (χ3n) is 3.74. The van der Waals surface area contributed by atoms with Gasteiger partial charge in [0, 0.05) is 13.1 Å². The molecule has 0 aromatic heterocycles. The number of aliphatic carboxylic acids is 1. The van der Waals surface area contributed by atoms with Crippen molar-refractivity contribution in [3.05, 3.63) is 29.8 Å². The minimum Gasteiger partial charge on any atom is -0.496 e. The Hall–Kier alpha value is -1.55. The number of carboxylic acids is 1. The van der Waals surface area contributed by atoms with Crippen LogP contribution >= 0.6 is 0 Å². The van der Waals surface area contributed by atoms with Crippen LogP contribution < -0.4 is 4.74 Å². The summed E-state index contributed by atoms with van der Waals surface area (Å²) in [5.74, 6) is 0.489. The first-order chi connectivity index (χ1) is 9.11. The molecule has 1 aromatic rings. The molecule has 0 radical (unpaired) electrons. The molecule has 2 unspecified atom stereocenters. The van der Waals surface area contributed by atoms with E-state index in [0.29, 0.717) is 5.92 Å². The minimum atomic E-state index is -0.650. The van der Waals surface area contributed by atoms with Crippen LogP contribution in [0.25, 0.3) is 0 Å². The lowest BCUT2D eigenvalue weighted by atomic mass is 10.1. The third kappa shape index (κ3) is 3.70. The summed E-state index contributed by atoms with van der Waals surface area (Å²) in [5, 5.41) is 8.88. The summed E-state index contributed by atoms with van der Waals surface area (Å²) in [5.41, 5.74) is 1.20. The van der Waals surface area contributed by atoms with Crippen LogP contribution in [0.3, 0.4) is 0 Å². The molecule has 0 saturated heterocycles. The number of likely N-dealkylation sites (N-methyl/N-ethyl adjacent to an activating group) is 1. The Kier molecular flexibility index (Phi) is 4.43. The van der Waals surface area contributed by atoms with Crippen LogP contribution in [0.15, 0.2) is 24.3 Å². The second kappa shape index (κ2) is 6.06. The van der Waals surface area contributed by atoms with Crippen LogP contribution in [0.2, 0.25) is 0 Å². The molecule has 104 valence electrons. The highest BCUT2D eigenvalue weighted by molar-refractivity contribution is 5.73. The molecule has 0 aliphatic heterocycles. The van der Waals surface area contributed by atoms with Gasteiger partial charge >= 0.3 is 5.97 Å². The van der Waals surface area contributed by atoms with Gasteiger partial charge in [-0.25, -0.2) is 0 Å². The van der Waals surface area contributed by atoms with Crippen molar-refractivity contribution in [2.75, 3.05) is 27.2 Å². The van der Waals surface area contributed by atoms with Gasteiger partial charge in [-0.05, 0) is 37.4 Å². The molecule has 1 aliphatic rings. The topological polar surface area (TPSA) is 49.8 Å². The smallest absolute Gasteiger partial charge is 0.306 e. The van der Waals surface area contributed by atoms with Gasteiger partial charge in [0.1, 0.15) is 5.75 Å². The molecule has 2 atom stereocenters. The SMILES string of the molecule is COc1ccccc1CCN(C)CC1CC1C(=O)O. The number of rotatable bonds is 7. The van der Waals surface area contributed by atoms with E-state index in [4.69, 9.17) is 9.84 Å². The second-order valence-corrected chi connectivity index (χ2v) is 5.26. The van der Waals surface area contributed by atoms with Gasteiger partial charge in [0.2, 0.25) is 0 Å². The van der Waals surface area contributed by atoms with Crippen molar-refractivity contribution in [2.24, 2.45) is 11.8 Å². The Morgan fingerprint density at radius 1 is 1.47 bits per heavy atom. The number of hydrogen-bond acceptors (Lipinski definition) is 3. The van der Waals surface area contributed by atoms with Crippen LogP contribution in [0.4, 0.5) is 0 Å². The largest absolute Gasteiger partial charge is 0.496 e. The Morgan fingerprint density at radius 2 is 2.21 bits per heavy atom. The fourth-order valence-corrected chi connectivity index (χ4v) is 2.46. The number of carbonyl (C=O) groups is 1. The lowest BCUT2D eigenvalue weighted by Gasteiger charge is -2.17. The van der Waals surface area contributed by atoms with Crippen LogP contribution in [0, 0.1) is 11.8 Å². The van der Waals surface area contributed by atoms with E-state index in [1.165, 1.54) is 5.56 Å². The highest BCUT2D eigenvalue weighted by Gasteiger charge is 2.43. The lowest BCUT2D eigenvalue weighted by Crippen LogP contribution is -2.24. The summed E-state index contributed by atoms with van der Waals surface area (Å²) < 4.78 is 5.32. The summed E-state index contributed by atoms with van der Waals surface area (Å²) in [6.45, 7) is 1.79. The number of hydrogen-bond donors (Lipinski definition) is 1. The highest BCUT2D eigenvalue weighted by Crippen LogP contribution is 2.38. The molecule has 1 N–H and O–H groups in total. The standard InChI is InChI=1S/C15H21NO3/c1-16(10-12-9-13(12)15(17)18)8-7-11-5-3-4-6-14(11)19-2/h3-6,12-13H,7-10H2,1-2H3,(H,17,18). The normalized spacial score (nSPS) is 21.4. The van der Waals surface area contributed by atoms with Gasteiger partial charge in [0.05, 0.1) is 13.0 Å². The quantitative estimate of drug-likeness (QED) is 0.816. The van der Waals surface area contributed by atoms with Crippen molar-refractivity contribution in [1.29, 1.82) is 0 Å². The molecule has 19 heavy (non-hydrogen) atoms. The van der Waals surface area contributed by atoms with Crippen molar-refractivity contribution >= 4 is 5.97 Å². The molecule has 1 fully saturated rings. The molecule has 1 aromatic carbocycles. The lowest BCUT2D eigenvalue weighted by molar-refractivity contribution is -0.138. The van der Waals surface area contributed by atoms with E-state index in [2.05, 4.69) is 11.0 Å². The first kappa shape index (κ1) is 13.9. The van der Waals surface area contributed by atoms with E-state index in [1.807, 2.05) is 25.2 Å². The summed E-state index contributed by atoms with van der Waals surface area (Å²) in [6, 6.07) is 8.02. The number of nitrogens with zero attached hydrogens (tertiary/aromatic N) is 1. The van der Waals surface area contributed by atoms with E-state index >= 15 is 0 Å². The summed E-state index contributed by atoms with van der Waals surface area (Å²) in [6.07, 6.45) is 1.75. The van der Waals surface area contributed by atoms with Crippen molar-refractivity contribution in [3.63, 3.8) is 0 Å². The number of ether oxygens (including phenoxy) is 1. The van der Waals surface area contributed by atoms with Crippen molar-refractivity contribution in [1.82, 2.24) is 4.90 Å². The molecule has 2 rings (SSSR count). The maximum absolute atomic E-state index is 10.8. The van der Waals surface area contributed by atoms with E-state index in [9.17, 15) is 4.79 Å². The van der Waals surface area contributed by atoms with Crippen molar-refractivity contribution in [3.8, 4) is 5.75 Å². The monoisotopic (exact) mass is 263 g/mol. The number of methoxy groups -OCH3 is 1. The van der Waals surface area contributed by atoms with Gasteiger partial charge in [-0.2, -0.15) is 0 Å². The predicted molar refractivity (Wildman–Crippen MR) is 73.4 cm³/mol. The Balaban J connectivity index is 1.77. The average Bonchev–Trinajstić information content (AvgIpc) is 3.16. The molecule has 4 heteroatoms. The fraction of sp³-hybridized carbons (Fsp3) is 0.533. The molecule has 0 spiro atoms. The van der Waals surface area contributed by atoms with Gasteiger partial charge in [-0.3, -0.25) is 4.79 Å². The van der Waals surface area contributed by atoms with E-state index in [1.54, 1.807) is 7.11 Å². The second-order valence-electron chi connectivity index (χ2n) is 5.26. The molecule has 0 amide bonds. The third-order valence-corrected chi connectivity index (χ3v) is 3.74. The Morgan fingerprint density at radius 3 is 2.84 bits per heavy atom. The first-order valence-corrected chi connectivity index (χ1v) is 6.65. The molecular weight excluding hydrogens is 242 g/mol. The maximum atomic E-state index is 10.8. The maximum Gasteiger partial charge on any atom is 0.306 e. The van der Waals surface area contributed by atoms with Crippen molar-refractivity contribution in [2.45, 2.75) is 12.8 Å². The molecule has 4 nitrogen and oxygen atoms in total. The molecule has 1 saturated carbocycles. The van der Waals surface area contributed by atoms with Gasteiger partial charge in [-0.15, -0.1) is 0 Å². The fourth-order valence-electron chi connectivity index (χ4n) is 2.46. The van der Waals surface area contributed by atoms with Gasteiger partial charge in [0.25, 0.3) is 0 Å². The van der Waals surface area contributed by atoms with Crippen LogP contribution in [0.5, 0.6) is 5.75 Å². The summed E-state index contributed by atoms with van der Waals surface area (Å²) in [7, 11) is 3.73. The molecule has 0 bridgehead atoms. The molecular formula is C15H21NO3. The first-order valence-electron chi connectivity index (χ1n) is 6.65. The van der Waals surface area contributed by atoms with E-state index in [-0.39, 0.29) is 5.92 Å². The summed E-state index contributed by atoms with van der Waals surface area (Å²) in [4.78, 5) is 13.0. The highest BCUT2D eigenvalue weighted by atomic mass is 16.5. The minimum absolute atomic E-state index is 0.117. The van der Waals surface area contributed by atoms with Gasteiger partial charge in [-0.1, -0.05) is 18.2 Å². The van der Waals surface area contributed by atoms with Crippen LogP contribution in [0.1, 0.15) is 12.0 Å². The number of carboxylic acid groups (broad SMARTS) is 1. The zero-order valence-electron chi connectivity index (χ0n) is 11.5. The number of benzene rings is 1. The van der Waals surface area contributed by atoms with Gasteiger partial charge in [0.15, 0.2) is 0 Å². The Labute approximate surface area is 114 Å². The van der Waals surface area contributed by atoms with Crippen LogP contribution in [-0.2, 0) is 11.2 Å². The summed E-state index contributed by atoms with van der Waals surface area (Å²) >= 11 is 0. The Bertz CT molecular complexity index is 447. The predicted octanol–water partition coefficient (Wildman–Crippen LogP) is 1.89. The zero-order chi connectivity index (χ0) is 13.8. The van der Waals surface area contributed by atoms with E-state index in [0.717, 1.165) is 31.7 Å². The molecule has 1 aliphatic carbocycles. The van der Waals surface area contributed by atoms with Gasteiger partial charge < -0.3 is 14.7 Å².